The molecule has 1 aromatic rings. The monoisotopic (exact) mass is 358 g/mol. The first kappa shape index (κ1) is 20.9. The summed E-state index contributed by atoms with van der Waals surface area (Å²) < 4.78 is 13.0. The second kappa shape index (κ2) is 8.28. The van der Waals surface area contributed by atoms with Gasteiger partial charge >= 0.3 is 0 Å². The highest BCUT2D eigenvalue weighted by Gasteiger charge is 2.34. The van der Waals surface area contributed by atoms with Crippen LogP contribution < -0.4 is 5.73 Å². The number of aliphatic hydroxyl groups excluding tert-OH is 1. The van der Waals surface area contributed by atoms with Crippen LogP contribution in [0, 0.1) is 17.2 Å². The van der Waals surface area contributed by atoms with E-state index in [2.05, 4.69) is 0 Å². The number of piperidine rings is 1. The third-order valence-corrected chi connectivity index (χ3v) is 4.71. The Morgan fingerprint density at radius 1 is 1.25 bits per heavy atom. The summed E-state index contributed by atoms with van der Waals surface area (Å²) in [4.78, 5) is 14.2. The fraction of sp³-hybridized carbons (Fsp3) is 0.611. The van der Waals surface area contributed by atoms with Crippen LogP contribution in [0.25, 0.3) is 0 Å². The molecule has 6 heteroatoms. The van der Waals surface area contributed by atoms with Gasteiger partial charge in [0.2, 0.25) is 5.91 Å². The van der Waals surface area contributed by atoms with Crippen LogP contribution in [0.3, 0.4) is 0 Å². The number of carbonyl (C=O) groups excluding carboxylic acids is 1. The molecule has 1 saturated heterocycles. The standard InChI is InChI=1S/C18H27FN2O2.ClH/c1-18(2,3)16(20)17(23)21-10-8-13(9-11-21)15(22)12-4-6-14(19)7-5-12;/h4-7,13,15-16,22H,8-11,20H2,1-3H3;1H. The number of carbonyl (C=O) groups is 1. The van der Waals surface area contributed by atoms with Crippen molar-refractivity contribution in [3.8, 4) is 0 Å². The van der Waals surface area contributed by atoms with Crippen LogP contribution >= 0.6 is 12.4 Å². The van der Waals surface area contributed by atoms with Crippen LogP contribution in [0.15, 0.2) is 24.3 Å². The molecule has 1 heterocycles. The minimum absolute atomic E-state index is 0. The topological polar surface area (TPSA) is 66.6 Å². The van der Waals surface area contributed by atoms with Gasteiger partial charge in [-0.3, -0.25) is 4.79 Å². The molecule has 2 atom stereocenters. The Kier molecular flexibility index (Phi) is 7.20. The summed E-state index contributed by atoms with van der Waals surface area (Å²) >= 11 is 0. The van der Waals surface area contributed by atoms with Crippen molar-refractivity contribution in [2.45, 2.75) is 45.8 Å². The Labute approximate surface area is 149 Å². The van der Waals surface area contributed by atoms with E-state index in [1.165, 1.54) is 12.1 Å². The second-order valence-corrected chi connectivity index (χ2v) is 7.50. The number of likely N-dealkylation sites (tertiary alicyclic amines) is 1. The highest BCUT2D eigenvalue weighted by atomic mass is 35.5. The van der Waals surface area contributed by atoms with Crippen molar-refractivity contribution in [2.24, 2.45) is 17.1 Å². The quantitative estimate of drug-likeness (QED) is 0.873. The average Bonchev–Trinajstić information content (AvgIpc) is 2.53. The number of benzene rings is 1. The second-order valence-electron chi connectivity index (χ2n) is 7.50. The molecule has 4 nitrogen and oxygen atoms in total. The van der Waals surface area contributed by atoms with Crippen molar-refractivity contribution in [1.29, 1.82) is 0 Å². The molecule has 0 saturated carbocycles. The summed E-state index contributed by atoms with van der Waals surface area (Å²) in [5, 5.41) is 10.4. The van der Waals surface area contributed by atoms with Gasteiger partial charge < -0.3 is 15.7 Å². The molecule has 0 radical (unpaired) electrons. The molecule has 3 N–H and O–H groups in total. The lowest BCUT2D eigenvalue weighted by atomic mass is 9.84. The highest BCUT2D eigenvalue weighted by molar-refractivity contribution is 5.85. The van der Waals surface area contributed by atoms with Gasteiger partial charge in [0, 0.05) is 13.1 Å². The Balaban J connectivity index is 0.00000288. The molecule has 1 aliphatic heterocycles. The van der Waals surface area contributed by atoms with E-state index in [-0.39, 0.29) is 35.5 Å². The third-order valence-electron chi connectivity index (χ3n) is 4.71. The highest BCUT2D eigenvalue weighted by Crippen LogP contribution is 2.31. The van der Waals surface area contributed by atoms with E-state index >= 15 is 0 Å². The largest absolute Gasteiger partial charge is 0.388 e. The van der Waals surface area contributed by atoms with E-state index in [1.807, 2.05) is 20.8 Å². The maximum absolute atomic E-state index is 13.0. The number of aliphatic hydroxyl groups is 1. The molecule has 1 aliphatic rings. The minimum atomic E-state index is -0.621. The fourth-order valence-electron chi connectivity index (χ4n) is 2.93. The van der Waals surface area contributed by atoms with Crippen molar-refractivity contribution >= 4 is 18.3 Å². The molecule has 2 rings (SSSR count). The van der Waals surface area contributed by atoms with Gasteiger partial charge in [-0.05, 0) is 41.9 Å². The van der Waals surface area contributed by atoms with E-state index in [9.17, 15) is 14.3 Å². The molecule has 0 spiro atoms. The first-order valence-corrected chi connectivity index (χ1v) is 8.18. The summed E-state index contributed by atoms with van der Waals surface area (Å²) in [6, 6.07) is 5.44. The molecule has 1 fully saturated rings. The molecule has 24 heavy (non-hydrogen) atoms. The van der Waals surface area contributed by atoms with Crippen molar-refractivity contribution in [2.75, 3.05) is 13.1 Å². The molecule has 0 aromatic heterocycles. The summed E-state index contributed by atoms with van der Waals surface area (Å²) in [5.74, 6) is -0.250. The maximum Gasteiger partial charge on any atom is 0.240 e. The van der Waals surface area contributed by atoms with Gasteiger partial charge in [0.1, 0.15) is 5.82 Å². The lowest BCUT2D eigenvalue weighted by molar-refractivity contribution is -0.137. The van der Waals surface area contributed by atoms with Crippen LogP contribution in [-0.2, 0) is 4.79 Å². The molecule has 1 amide bonds. The van der Waals surface area contributed by atoms with Crippen LogP contribution in [0.5, 0.6) is 0 Å². The smallest absolute Gasteiger partial charge is 0.240 e. The van der Waals surface area contributed by atoms with Gasteiger partial charge in [-0.25, -0.2) is 4.39 Å². The number of amides is 1. The normalized spacial score (nSPS) is 18.7. The molecular weight excluding hydrogens is 331 g/mol. The number of nitrogens with zero attached hydrogens (tertiary/aromatic N) is 1. The zero-order valence-electron chi connectivity index (χ0n) is 14.5. The van der Waals surface area contributed by atoms with E-state index < -0.39 is 12.1 Å². The van der Waals surface area contributed by atoms with E-state index in [0.29, 0.717) is 13.1 Å². The van der Waals surface area contributed by atoms with E-state index in [0.717, 1.165) is 18.4 Å². The number of rotatable bonds is 3. The summed E-state index contributed by atoms with van der Waals surface area (Å²) in [6.45, 7) is 7.08. The summed E-state index contributed by atoms with van der Waals surface area (Å²) in [7, 11) is 0. The van der Waals surface area contributed by atoms with Crippen molar-refractivity contribution in [3.63, 3.8) is 0 Å². The van der Waals surface area contributed by atoms with Gasteiger partial charge in [-0.2, -0.15) is 0 Å². The van der Waals surface area contributed by atoms with Gasteiger partial charge in [0.05, 0.1) is 12.1 Å². The van der Waals surface area contributed by atoms with Gasteiger partial charge in [0.25, 0.3) is 0 Å². The van der Waals surface area contributed by atoms with E-state index in [1.54, 1.807) is 17.0 Å². The van der Waals surface area contributed by atoms with Crippen LogP contribution in [0.2, 0.25) is 0 Å². The van der Waals surface area contributed by atoms with Gasteiger partial charge in [0.15, 0.2) is 0 Å². The Bertz CT molecular complexity index is 537. The molecule has 136 valence electrons. The fourth-order valence-corrected chi connectivity index (χ4v) is 2.93. The van der Waals surface area contributed by atoms with Crippen molar-refractivity contribution in [3.05, 3.63) is 35.6 Å². The van der Waals surface area contributed by atoms with Gasteiger partial charge in [-0.15, -0.1) is 12.4 Å². The molecule has 0 aliphatic carbocycles. The summed E-state index contributed by atoms with van der Waals surface area (Å²) in [6.07, 6.45) is 0.826. The minimum Gasteiger partial charge on any atom is -0.388 e. The number of hydrogen-bond donors (Lipinski definition) is 2. The lowest BCUT2D eigenvalue weighted by Gasteiger charge is -2.37. The Morgan fingerprint density at radius 3 is 2.21 bits per heavy atom. The number of nitrogens with two attached hydrogens (primary N) is 1. The third kappa shape index (κ3) is 4.91. The average molecular weight is 359 g/mol. The Hall–Kier alpha value is -1.17. The van der Waals surface area contributed by atoms with Crippen molar-refractivity contribution in [1.82, 2.24) is 4.90 Å². The predicted molar refractivity (Wildman–Crippen MR) is 95.3 cm³/mol. The zero-order chi connectivity index (χ0) is 17.2. The van der Waals surface area contributed by atoms with Crippen molar-refractivity contribution < 1.29 is 14.3 Å². The number of halogens is 2. The SMILES string of the molecule is CC(C)(C)C(N)C(=O)N1CCC(C(O)c2ccc(F)cc2)CC1.Cl. The lowest BCUT2D eigenvalue weighted by Crippen LogP contribution is -2.52. The molecule has 2 unspecified atom stereocenters. The van der Waals surface area contributed by atoms with Crippen LogP contribution in [-0.4, -0.2) is 35.0 Å². The summed E-state index contributed by atoms with van der Waals surface area (Å²) in [5.41, 5.74) is 6.51. The number of hydrogen-bond acceptors (Lipinski definition) is 3. The molecule has 1 aromatic carbocycles. The maximum atomic E-state index is 13.0. The van der Waals surface area contributed by atoms with Crippen LogP contribution in [0.1, 0.15) is 45.3 Å². The molecular formula is C18H28ClFN2O2. The van der Waals surface area contributed by atoms with E-state index in [4.69, 9.17) is 5.73 Å². The first-order chi connectivity index (χ1) is 10.7. The molecule has 0 bridgehead atoms. The zero-order valence-corrected chi connectivity index (χ0v) is 15.4. The van der Waals surface area contributed by atoms with Gasteiger partial charge in [-0.1, -0.05) is 32.9 Å². The predicted octanol–water partition coefficient (Wildman–Crippen LogP) is 2.89. The van der Waals surface area contributed by atoms with Crippen LogP contribution in [0.4, 0.5) is 4.39 Å². The Morgan fingerprint density at radius 2 is 1.75 bits per heavy atom. The first-order valence-electron chi connectivity index (χ1n) is 8.18.